The van der Waals surface area contributed by atoms with Crippen molar-refractivity contribution in [3.8, 4) is 0 Å². The average Bonchev–Trinajstić information content (AvgIpc) is 2.63. The molecule has 0 saturated heterocycles. The molecule has 0 saturated carbocycles. The third-order valence-electron chi connectivity index (χ3n) is 2.69. The fourth-order valence-electron chi connectivity index (χ4n) is 1.59. The van der Waals surface area contributed by atoms with E-state index in [0.29, 0.717) is 16.7 Å². The van der Waals surface area contributed by atoms with Gasteiger partial charge in [0, 0.05) is 6.54 Å². The highest BCUT2D eigenvalue weighted by atomic mass is 79.9. The molecular formula is C11H18BrN5O3. The lowest BCUT2D eigenvalue weighted by Crippen LogP contribution is -2.30. The summed E-state index contributed by atoms with van der Waals surface area (Å²) in [7, 11) is 3.93. The second kappa shape index (κ2) is 7.34. The predicted molar refractivity (Wildman–Crippen MR) is 77.5 cm³/mol. The van der Waals surface area contributed by atoms with Gasteiger partial charge in [-0.1, -0.05) is 0 Å². The minimum absolute atomic E-state index is 0.0275. The Balaban J connectivity index is 2.54. The first kappa shape index (κ1) is 16.6. The number of aromatic nitrogens is 2. The minimum atomic E-state index is -0.581. The van der Waals surface area contributed by atoms with Crippen molar-refractivity contribution >= 4 is 27.7 Å². The van der Waals surface area contributed by atoms with E-state index >= 15 is 0 Å². The molecule has 0 fully saturated rings. The van der Waals surface area contributed by atoms with Gasteiger partial charge in [-0.05, 0) is 54.8 Å². The highest BCUT2D eigenvalue weighted by molar-refractivity contribution is 9.10. The smallest absolute Gasteiger partial charge is 0.358 e. The highest BCUT2D eigenvalue weighted by Crippen LogP contribution is 2.26. The van der Waals surface area contributed by atoms with Crippen LogP contribution in [0.25, 0.3) is 0 Å². The maximum Gasteiger partial charge on any atom is 0.404 e. The number of carbonyl (C=O) groups excluding carboxylic acids is 1. The number of hydrogen-bond donors (Lipinski definition) is 1. The number of nitro groups is 1. The molecule has 8 nitrogen and oxygen atoms in total. The summed E-state index contributed by atoms with van der Waals surface area (Å²) in [6.07, 6.45) is 0.848. The molecule has 1 amide bonds. The molecular weight excluding hydrogens is 330 g/mol. The molecule has 112 valence electrons. The van der Waals surface area contributed by atoms with Crippen molar-refractivity contribution in [2.75, 3.05) is 27.2 Å². The fourth-order valence-corrected chi connectivity index (χ4v) is 2.02. The van der Waals surface area contributed by atoms with Crippen LogP contribution in [0.4, 0.5) is 5.82 Å². The number of rotatable bonds is 7. The first-order valence-electron chi connectivity index (χ1n) is 6.11. The quantitative estimate of drug-likeness (QED) is 0.450. The van der Waals surface area contributed by atoms with Crippen LogP contribution in [0.1, 0.15) is 12.1 Å². The van der Waals surface area contributed by atoms with E-state index in [-0.39, 0.29) is 18.3 Å². The molecule has 1 aromatic rings. The van der Waals surface area contributed by atoms with Gasteiger partial charge in [0.15, 0.2) is 0 Å². The summed E-state index contributed by atoms with van der Waals surface area (Å²) in [5, 5.41) is 17.3. The van der Waals surface area contributed by atoms with Crippen LogP contribution < -0.4 is 5.32 Å². The maximum atomic E-state index is 11.7. The van der Waals surface area contributed by atoms with E-state index in [1.54, 1.807) is 6.92 Å². The molecule has 9 heteroatoms. The van der Waals surface area contributed by atoms with Crippen molar-refractivity contribution in [3.63, 3.8) is 0 Å². The SMILES string of the molecule is Cc1c(Br)c([N+](=O)[O-])nn1CC(=O)NCCCN(C)C. The Bertz CT molecular complexity index is 500. The molecule has 1 N–H and O–H groups in total. The summed E-state index contributed by atoms with van der Waals surface area (Å²) in [5.74, 6) is -0.486. The van der Waals surface area contributed by atoms with Crippen LogP contribution >= 0.6 is 15.9 Å². The fraction of sp³-hybridized carbons (Fsp3) is 0.636. The number of amides is 1. The first-order valence-corrected chi connectivity index (χ1v) is 6.91. The summed E-state index contributed by atoms with van der Waals surface area (Å²) < 4.78 is 1.63. The van der Waals surface area contributed by atoms with Gasteiger partial charge in [-0.2, -0.15) is 4.68 Å². The maximum absolute atomic E-state index is 11.7. The Morgan fingerprint density at radius 1 is 1.55 bits per heavy atom. The van der Waals surface area contributed by atoms with Gasteiger partial charge >= 0.3 is 5.82 Å². The van der Waals surface area contributed by atoms with Crippen LogP contribution in [0.2, 0.25) is 0 Å². The number of nitrogens with one attached hydrogen (secondary N) is 1. The zero-order chi connectivity index (χ0) is 15.3. The van der Waals surface area contributed by atoms with Gasteiger partial charge in [0.25, 0.3) is 0 Å². The second-order valence-electron chi connectivity index (χ2n) is 4.64. The summed E-state index contributed by atoms with van der Waals surface area (Å²) in [5.41, 5.74) is 0.556. The number of nitrogens with zero attached hydrogens (tertiary/aromatic N) is 4. The summed E-state index contributed by atoms with van der Waals surface area (Å²) >= 11 is 3.11. The van der Waals surface area contributed by atoms with E-state index in [9.17, 15) is 14.9 Å². The van der Waals surface area contributed by atoms with Gasteiger partial charge in [0.1, 0.15) is 11.0 Å². The first-order chi connectivity index (χ1) is 9.32. The lowest BCUT2D eigenvalue weighted by atomic mass is 10.4. The van der Waals surface area contributed by atoms with Crippen LogP contribution in [0.3, 0.4) is 0 Å². The zero-order valence-corrected chi connectivity index (χ0v) is 13.3. The van der Waals surface area contributed by atoms with Crippen molar-refractivity contribution in [1.82, 2.24) is 20.0 Å². The molecule has 0 bridgehead atoms. The van der Waals surface area contributed by atoms with Crippen molar-refractivity contribution in [2.45, 2.75) is 19.9 Å². The number of carbonyl (C=O) groups is 1. The Morgan fingerprint density at radius 2 is 2.20 bits per heavy atom. The predicted octanol–water partition coefficient (Wildman–Crippen LogP) is 0.930. The van der Waals surface area contributed by atoms with E-state index in [4.69, 9.17) is 0 Å². The minimum Gasteiger partial charge on any atom is -0.358 e. The Morgan fingerprint density at radius 3 is 2.70 bits per heavy atom. The number of hydrogen-bond acceptors (Lipinski definition) is 5. The normalized spacial score (nSPS) is 10.8. The molecule has 0 aliphatic rings. The van der Waals surface area contributed by atoms with Crippen molar-refractivity contribution in [1.29, 1.82) is 0 Å². The lowest BCUT2D eigenvalue weighted by molar-refractivity contribution is -0.390. The Hall–Kier alpha value is -1.48. The summed E-state index contributed by atoms with van der Waals surface area (Å²) in [4.78, 5) is 23.9. The van der Waals surface area contributed by atoms with Gasteiger partial charge in [0.05, 0.1) is 10.8 Å². The Labute approximate surface area is 125 Å². The van der Waals surface area contributed by atoms with Crippen molar-refractivity contribution in [3.05, 3.63) is 20.3 Å². The van der Waals surface area contributed by atoms with E-state index in [1.807, 2.05) is 19.0 Å². The molecule has 0 atom stereocenters. The largest absolute Gasteiger partial charge is 0.404 e. The van der Waals surface area contributed by atoms with Crippen LogP contribution in [0.15, 0.2) is 4.47 Å². The van der Waals surface area contributed by atoms with E-state index < -0.39 is 4.92 Å². The second-order valence-corrected chi connectivity index (χ2v) is 5.44. The van der Waals surface area contributed by atoms with E-state index in [0.717, 1.165) is 13.0 Å². The highest BCUT2D eigenvalue weighted by Gasteiger charge is 2.24. The van der Waals surface area contributed by atoms with Gasteiger partial charge in [-0.25, -0.2) is 0 Å². The molecule has 20 heavy (non-hydrogen) atoms. The molecule has 0 aliphatic carbocycles. The molecule has 0 unspecified atom stereocenters. The van der Waals surface area contributed by atoms with Crippen LogP contribution in [-0.2, 0) is 11.3 Å². The summed E-state index contributed by atoms with van der Waals surface area (Å²) in [6.45, 7) is 3.10. The van der Waals surface area contributed by atoms with E-state index in [1.165, 1.54) is 4.68 Å². The molecule has 0 aromatic carbocycles. The Kier molecular flexibility index (Phi) is 6.08. The molecule has 0 radical (unpaired) electrons. The van der Waals surface area contributed by atoms with Crippen LogP contribution in [-0.4, -0.2) is 52.7 Å². The monoisotopic (exact) mass is 347 g/mol. The van der Waals surface area contributed by atoms with Gasteiger partial charge in [-0.3, -0.25) is 4.79 Å². The molecule has 1 aromatic heterocycles. The topological polar surface area (TPSA) is 93.3 Å². The van der Waals surface area contributed by atoms with Crippen LogP contribution in [0, 0.1) is 17.0 Å². The van der Waals surface area contributed by atoms with E-state index in [2.05, 4.69) is 26.3 Å². The average molecular weight is 348 g/mol. The van der Waals surface area contributed by atoms with Gasteiger partial charge in [0.2, 0.25) is 5.91 Å². The van der Waals surface area contributed by atoms with Gasteiger partial charge in [-0.15, -0.1) is 0 Å². The molecule has 1 heterocycles. The molecule has 0 spiro atoms. The lowest BCUT2D eigenvalue weighted by Gasteiger charge is -2.09. The molecule has 0 aliphatic heterocycles. The number of halogens is 1. The van der Waals surface area contributed by atoms with Crippen molar-refractivity contribution < 1.29 is 9.72 Å². The van der Waals surface area contributed by atoms with Crippen LogP contribution in [0.5, 0.6) is 0 Å². The molecule has 1 rings (SSSR count). The third-order valence-corrected chi connectivity index (χ3v) is 3.62. The van der Waals surface area contributed by atoms with Gasteiger partial charge < -0.3 is 20.3 Å². The summed E-state index contributed by atoms with van der Waals surface area (Å²) in [6, 6.07) is 0. The third kappa shape index (κ3) is 4.57. The standard InChI is InChI=1S/C11H18BrN5O3/c1-8-10(12)11(17(19)20)14-16(8)7-9(18)13-5-4-6-15(2)3/h4-7H2,1-3H3,(H,13,18). The zero-order valence-electron chi connectivity index (χ0n) is 11.7. The van der Waals surface area contributed by atoms with Crippen molar-refractivity contribution in [2.24, 2.45) is 0 Å².